The van der Waals surface area contributed by atoms with Crippen molar-refractivity contribution in [3.63, 3.8) is 0 Å². The number of rotatable bonds is 7. The number of halogens is 1. The summed E-state index contributed by atoms with van der Waals surface area (Å²) in [6.07, 6.45) is 2.61. The molecule has 0 unspecified atom stereocenters. The van der Waals surface area contributed by atoms with E-state index in [2.05, 4.69) is 45.0 Å². The fourth-order valence-corrected chi connectivity index (χ4v) is 3.64. The first-order valence-electron chi connectivity index (χ1n) is 9.83. The number of ether oxygens (including phenoxy) is 1. The second-order valence-electron chi connectivity index (χ2n) is 7.24. The minimum absolute atomic E-state index is 0. The molecule has 3 heterocycles. The van der Waals surface area contributed by atoms with Crippen LogP contribution in [0.5, 0.6) is 0 Å². The van der Waals surface area contributed by atoms with Crippen LogP contribution in [-0.4, -0.2) is 46.1 Å². The molecule has 3 aromatic rings. The molecule has 3 N–H and O–H groups in total. The molecular weight excluding hydrogens is 404 g/mol. The molecule has 1 amide bonds. The van der Waals surface area contributed by atoms with E-state index >= 15 is 0 Å². The monoisotopic (exact) mass is 430 g/mol. The van der Waals surface area contributed by atoms with Crippen molar-refractivity contribution in [2.45, 2.75) is 33.0 Å². The molecule has 0 atom stereocenters. The lowest BCUT2D eigenvalue weighted by Crippen LogP contribution is -2.28. The van der Waals surface area contributed by atoms with Crippen molar-refractivity contribution >= 4 is 18.3 Å². The maximum absolute atomic E-state index is 12.9. The van der Waals surface area contributed by atoms with Gasteiger partial charge >= 0.3 is 0 Å². The third-order valence-corrected chi connectivity index (χ3v) is 5.23. The summed E-state index contributed by atoms with van der Waals surface area (Å²) in [6, 6.07) is 8.22. The van der Waals surface area contributed by atoms with E-state index in [0.29, 0.717) is 31.9 Å². The number of fused-ring (bicyclic) bond motifs is 1. The first-order chi connectivity index (χ1) is 14.2. The lowest BCUT2D eigenvalue weighted by Gasteiger charge is -2.15. The van der Waals surface area contributed by atoms with Gasteiger partial charge in [0.05, 0.1) is 25.0 Å². The number of nitrogens with zero attached hydrogens (tertiary/aromatic N) is 3. The van der Waals surface area contributed by atoms with E-state index in [1.54, 1.807) is 13.3 Å². The molecule has 8 nitrogen and oxygen atoms in total. The summed E-state index contributed by atoms with van der Waals surface area (Å²) in [7, 11) is 1.67. The average Bonchev–Trinajstić information content (AvgIpc) is 3.36. The van der Waals surface area contributed by atoms with E-state index in [0.717, 1.165) is 41.0 Å². The average molecular weight is 431 g/mol. The topological polar surface area (TPSA) is 96.9 Å². The number of hydrogen-bond acceptors (Lipinski definition) is 5. The summed E-state index contributed by atoms with van der Waals surface area (Å²) in [5, 5.41) is 18.1. The van der Waals surface area contributed by atoms with Gasteiger partial charge in [0, 0.05) is 50.0 Å². The van der Waals surface area contributed by atoms with Crippen LogP contribution in [0.2, 0.25) is 0 Å². The Labute approximate surface area is 181 Å². The van der Waals surface area contributed by atoms with Crippen LogP contribution in [0.3, 0.4) is 0 Å². The van der Waals surface area contributed by atoms with Crippen LogP contribution in [0.15, 0.2) is 30.5 Å². The number of benzene rings is 1. The van der Waals surface area contributed by atoms with Crippen molar-refractivity contribution in [1.29, 1.82) is 0 Å². The summed E-state index contributed by atoms with van der Waals surface area (Å²) in [5.74, 6) is -0.169. The molecule has 0 aliphatic carbocycles. The number of carbonyl (C=O) groups excluding carboxylic acids is 1. The number of aryl methyl sites for hydroxylation is 1. The van der Waals surface area contributed by atoms with E-state index in [-0.39, 0.29) is 18.3 Å². The van der Waals surface area contributed by atoms with Crippen LogP contribution in [-0.2, 0) is 30.8 Å². The molecule has 0 spiro atoms. The number of aromatic amines is 1. The molecular formula is C21H27ClN6O2. The first kappa shape index (κ1) is 22.0. The summed E-state index contributed by atoms with van der Waals surface area (Å²) in [6.45, 7) is 5.20. The van der Waals surface area contributed by atoms with Gasteiger partial charge in [0.2, 0.25) is 0 Å². The molecule has 30 heavy (non-hydrogen) atoms. The molecule has 4 rings (SSSR count). The Balaban J connectivity index is 0.00000256. The smallest absolute Gasteiger partial charge is 0.272 e. The second kappa shape index (κ2) is 9.88. The lowest BCUT2D eigenvalue weighted by atomic mass is 10.1. The van der Waals surface area contributed by atoms with Crippen LogP contribution >= 0.6 is 12.4 Å². The van der Waals surface area contributed by atoms with Gasteiger partial charge in [-0.15, -0.1) is 12.4 Å². The SMILES string of the molecule is COCCn1nc(C(=O)NCc2cn[nH]c2-c2ccc(C)cc2)c2c1CCNC2.Cl. The fourth-order valence-electron chi connectivity index (χ4n) is 3.64. The van der Waals surface area contributed by atoms with E-state index in [1.807, 2.05) is 16.8 Å². The predicted molar refractivity (Wildman–Crippen MR) is 117 cm³/mol. The lowest BCUT2D eigenvalue weighted by molar-refractivity contribution is 0.0943. The largest absolute Gasteiger partial charge is 0.383 e. The molecule has 0 radical (unpaired) electrons. The highest BCUT2D eigenvalue weighted by atomic mass is 35.5. The van der Waals surface area contributed by atoms with Gasteiger partial charge in [0.15, 0.2) is 5.69 Å². The molecule has 1 aromatic carbocycles. The van der Waals surface area contributed by atoms with Crippen molar-refractivity contribution in [2.24, 2.45) is 0 Å². The van der Waals surface area contributed by atoms with Crippen molar-refractivity contribution < 1.29 is 9.53 Å². The molecule has 1 aliphatic heterocycles. The zero-order valence-electron chi connectivity index (χ0n) is 17.2. The number of H-pyrrole nitrogens is 1. The fraction of sp³-hybridized carbons (Fsp3) is 0.381. The molecule has 1 aliphatic rings. The minimum Gasteiger partial charge on any atom is -0.383 e. The standard InChI is InChI=1S/C21H26N6O2.ClH/c1-14-3-5-15(6-4-14)19-16(12-24-25-19)11-23-21(28)20-17-13-22-8-7-18(17)27(26-20)9-10-29-2;/h3-6,12,22H,7-11,13H2,1-2H3,(H,23,28)(H,24,25);1H. The van der Waals surface area contributed by atoms with Gasteiger partial charge in [-0.05, 0) is 12.5 Å². The van der Waals surface area contributed by atoms with Crippen molar-refractivity contribution in [3.8, 4) is 11.3 Å². The zero-order valence-corrected chi connectivity index (χ0v) is 18.0. The number of methoxy groups -OCH3 is 1. The van der Waals surface area contributed by atoms with Gasteiger partial charge in [-0.3, -0.25) is 14.6 Å². The summed E-state index contributed by atoms with van der Waals surface area (Å²) >= 11 is 0. The Morgan fingerprint density at radius 3 is 2.87 bits per heavy atom. The third-order valence-electron chi connectivity index (χ3n) is 5.23. The highest BCUT2D eigenvalue weighted by Crippen LogP contribution is 2.22. The molecule has 0 saturated carbocycles. The normalized spacial score (nSPS) is 12.9. The van der Waals surface area contributed by atoms with Crippen LogP contribution in [0.25, 0.3) is 11.3 Å². The summed E-state index contributed by atoms with van der Waals surface area (Å²) in [4.78, 5) is 12.9. The highest BCUT2D eigenvalue weighted by molar-refractivity contribution is 5.94. The highest BCUT2D eigenvalue weighted by Gasteiger charge is 2.24. The van der Waals surface area contributed by atoms with Crippen molar-refractivity contribution in [3.05, 3.63) is 58.5 Å². The van der Waals surface area contributed by atoms with E-state index in [1.165, 1.54) is 5.56 Å². The Hall–Kier alpha value is -2.68. The Morgan fingerprint density at radius 2 is 2.10 bits per heavy atom. The van der Waals surface area contributed by atoms with Gasteiger partial charge in [-0.2, -0.15) is 10.2 Å². The van der Waals surface area contributed by atoms with Gasteiger partial charge in [-0.25, -0.2) is 0 Å². The molecule has 0 saturated heterocycles. The minimum atomic E-state index is -0.169. The molecule has 0 fully saturated rings. The van der Waals surface area contributed by atoms with E-state index in [4.69, 9.17) is 4.74 Å². The van der Waals surface area contributed by atoms with Gasteiger partial charge in [0.25, 0.3) is 5.91 Å². The number of amides is 1. The number of hydrogen-bond donors (Lipinski definition) is 3. The van der Waals surface area contributed by atoms with Crippen LogP contribution in [0, 0.1) is 6.92 Å². The predicted octanol–water partition coefficient (Wildman–Crippen LogP) is 2.23. The van der Waals surface area contributed by atoms with Crippen molar-refractivity contribution in [1.82, 2.24) is 30.6 Å². The van der Waals surface area contributed by atoms with Gasteiger partial charge in [-0.1, -0.05) is 29.8 Å². The number of carbonyl (C=O) groups is 1. The van der Waals surface area contributed by atoms with Gasteiger partial charge < -0.3 is 15.4 Å². The van der Waals surface area contributed by atoms with Gasteiger partial charge in [0.1, 0.15) is 0 Å². The van der Waals surface area contributed by atoms with E-state index in [9.17, 15) is 4.79 Å². The summed E-state index contributed by atoms with van der Waals surface area (Å²) < 4.78 is 7.09. The third kappa shape index (κ3) is 4.56. The van der Waals surface area contributed by atoms with Crippen LogP contribution in [0.4, 0.5) is 0 Å². The summed E-state index contributed by atoms with van der Waals surface area (Å²) in [5.41, 5.74) is 6.69. The Morgan fingerprint density at radius 1 is 1.30 bits per heavy atom. The van der Waals surface area contributed by atoms with Crippen molar-refractivity contribution in [2.75, 3.05) is 20.3 Å². The maximum atomic E-state index is 12.9. The molecule has 9 heteroatoms. The van der Waals surface area contributed by atoms with E-state index < -0.39 is 0 Å². The number of nitrogens with one attached hydrogen (secondary N) is 3. The quantitative estimate of drug-likeness (QED) is 0.534. The Bertz CT molecular complexity index is 996. The maximum Gasteiger partial charge on any atom is 0.272 e. The molecule has 2 aromatic heterocycles. The van der Waals surface area contributed by atoms with Crippen LogP contribution < -0.4 is 10.6 Å². The molecule has 0 bridgehead atoms. The molecule has 160 valence electrons. The zero-order chi connectivity index (χ0) is 20.2. The first-order valence-corrected chi connectivity index (χ1v) is 9.83. The second-order valence-corrected chi connectivity index (χ2v) is 7.24. The van der Waals surface area contributed by atoms with Crippen LogP contribution in [0.1, 0.15) is 32.9 Å². The Kier molecular flexibility index (Phi) is 7.25. The number of aromatic nitrogens is 4.